The summed E-state index contributed by atoms with van der Waals surface area (Å²) in [4.78, 5) is 36.2. The maximum Gasteiger partial charge on any atom is 0.412 e. The van der Waals surface area contributed by atoms with Gasteiger partial charge < -0.3 is 19.5 Å². The molecule has 202 valence electrons. The van der Waals surface area contributed by atoms with Gasteiger partial charge >= 0.3 is 6.09 Å². The Morgan fingerprint density at radius 3 is 2.77 bits per heavy atom. The predicted molar refractivity (Wildman–Crippen MR) is 145 cm³/mol. The smallest absolute Gasteiger partial charge is 0.412 e. The van der Waals surface area contributed by atoms with Gasteiger partial charge in [0.05, 0.1) is 46.0 Å². The van der Waals surface area contributed by atoms with Crippen molar-refractivity contribution in [2.24, 2.45) is 0 Å². The van der Waals surface area contributed by atoms with Crippen LogP contribution in [0.3, 0.4) is 0 Å². The number of aromatic nitrogens is 3. The minimum absolute atomic E-state index is 0.0625. The number of aryl methyl sites for hydroxylation is 1. The number of carbonyl (C=O) groups is 1. The van der Waals surface area contributed by atoms with E-state index < -0.39 is 22.9 Å². The van der Waals surface area contributed by atoms with Crippen LogP contribution in [0.15, 0.2) is 48.7 Å². The van der Waals surface area contributed by atoms with Crippen LogP contribution in [0.5, 0.6) is 17.4 Å². The van der Waals surface area contributed by atoms with Crippen LogP contribution in [0.2, 0.25) is 0 Å². The number of nitrogens with one attached hydrogen (secondary N) is 1. The minimum atomic E-state index is -0.761. The summed E-state index contributed by atoms with van der Waals surface area (Å²) in [6.45, 7) is 2.01. The quantitative estimate of drug-likeness (QED) is 0.214. The van der Waals surface area contributed by atoms with E-state index >= 15 is 4.39 Å². The zero-order valence-corrected chi connectivity index (χ0v) is 22.0. The maximum absolute atomic E-state index is 15.0. The molecule has 0 saturated heterocycles. The van der Waals surface area contributed by atoms with Crippen molar-refractivity contribution in [3.8, 4) is 28.0 Å². The third kappa shape index (κ3) is 4.71. The number of nitro groups is 1. The highest BCUT2D eigenvalue weighted by Gasteiger charge is 2.30. The number of nitrogens with zero attached hydrogens (tertiary/aromatic N) is 4. The van der Waals surface area contributed by atoms with Crippen molar-refractivity contribution < 1.29 is 28.3 Å². The van der Waals surface area contributed by atoms with Crippen molar-refractivity contribution in [2.45, 2.75) is 19.4 Å². The van der Waals surface area contributed by atoms with E-state index in [0.29, 0.717) is 39.4 Å². The molecule has 6 rings (SSSR count). The molecular formula is C27H20FN5O6S. The van der Waals surface area contributed by atoms with E-state index in [1.54, 1.807) is 6.20 Å². The number of benzene rings is 3. The molecule has 1 atom stereocenters. The molecule has 0 saturated carbocycles. The van der Waals surface area contributed by atoms with Crippen molar-refractivity contribution in [1.29, 1.82) is 0 Å². The van der Waals surface area contributed by atoms with E-state index in [1.165, 1.54) is 48.8 Å². The molecule has 1 amide bonds. The van der Waals surface area contributed by atoms with Gasteiger partial charge in [0, 0.05) is 35.7 Å². The monoisotopic (exact) mass is 561 g/mol. The first kappa shape index (κ1) is 25.4. The summed E-state index contributed by atoms with van der Waals surface area (Å²) in [5, 5.41) is 14.0. The van der Waals surface area contributed by atoms with Gasteiger partial charge in [-0.1, -0.05) is 0 Å². The molecule has 0 fully saturated rings. The van der Waals surface area contributed by atoms with Crippen LogP contribution in [-0.4, -0.2) is 45.7 Å². The lowest BCUT2D eigenvalue weighted by molar-refractivity contribution is -0.384. The Bertz CT molecular complexity index is 1810. The van der Waals surface area contributed by atoms with E-state index in [1.807, 2.05) is 19.1 Å². The fourth-order valence-electron chi connectivity index (χ4n) is 4.54. The van der Waals surface area contributed by atoms with Gasteiger partial charge in [-0.15, -0.1) is 11.3 Å². The number of carbonyl (C=O) groups excluding carboxylic acids is 1. The average Bonchev–Trinajstić information content (AvgIpc) is 3.56. The van der Waals surface area contributed by atoms with Crippen molar-refractivity contribution in [3.63, 3.8) is 0 Å². The number of fused-ring (bicyclic) bond motifs is 4. The van der Waals surface area contributed by atoms with E-state index in [2.05, 4.69) is 15.3 Å². The molecule has 5 aromatic rings. The summed E-state index contributed by atoms with van der Waals surface area (Å²) in [7, 11) is 1.53. The van der Waals surface area contributed by atoms with E-state index in [9.17, 15) is 14.9 Å². The van der Waals surface area contributed by atoms with Crippen LogP contribution in [-0.2, 0) is 6.42 Å². The van der Waals surface area contributed by atoms with Crippen LogP contribution < -0.4 is 19.5 Å². The van der Waals surface area contributed by atoms with Gasteiger partial charge in [-0.3, -0.25) is 10.1 Å². The van der Waals surface area contributed by atoms with Gasteiger partial charge in [-0.25, -0.2) is 24.1 Å². The lowest BCUT2D eigenvalue weighted by Crippen LogP contribution is -2.36. The maximum atomic E-state index is 15.0. The Morgan fingerprint density at radius 2 is 2.02 bits per heavy atom. The first-order valence-corrected chi connectivity index (χ1v) is 12.9. The summed E-state index contributed by atoms with van der Waals surface area (Å²) in [5.74, 6) is 0.155. The van der Waals surface area contributed by atoms with Crippen molar-refractivity contribution in [1.82, 2.24) is 20.3 Å². The molecule has 1 aliphatic rings. The third-order valence-electron chi connectivity index (χ3n) is 6.34. The molecular weight excluding hydrogens is 541 g/mol. The molecule has 0 aliphatic carbocycles. The van der Waals surface area contributed by atoms with Crippen LogP contribution >= 0.6 is 11.3 Å². The van der Waals surface area contributed by atoms with Gasteiger partial charge in [0.25, 0.3) is 5.69 Å². The summed E-state index contributed by atoms with van der Waals surface area (Å²) < 4.78 is 32.0. The molecule has 1 unspecified atom stereocenters. The molecule has 3 aromatic carbocycles. The largest absolute Gasteiger partial charge is 0.485 e. The number of ether oxygens (including phenoxy) is 3. The molecule has 13 heteroatoms. The predicted octanol–water partition coefficient (Wildman–Crippen LogP) is 5.36. The third-order valence-corrected chi connectivity index (χ3v) is 7.50. The second-order valence-corrected chi connectivity index (χ2v) is 10.1. The number of rotatable bonds is 6. The Labute approximate surface area is 229 Å². The first-order valence-electron chi connectivity index (χ1n) is 12.1. The van der Waals surface area contributed by atoms with Gasteiger partial charge in [0.15, 0.2) is 11.6 Å². The molecule has 11 nitrogen and oxygen atoms in total. The number of nitro benzene ring substituents is 1. The number of hydrogen-bond acceptors (Lipinski definition) is 10. The number of amides is 1. The lowest BCUT2D eigenvalue weighted by Gasteiger charge is -2.12. The zero-order chi connectivity index (χ0) is 28.0. The van der Waals surface area contributed by atoms with Crippen LogP contribution in [0.1, 0.15) is 11.1 Å². The highest BCUT2D eigenvalue weighted by Crippen LogP contribution is 2.43. The zero-order valence-electron chi connectivity index (χ0n) is 21.1. The Hall–Kier alpha value is -4.91. The molecule has 0 bridgehead atoms. The van der Waals surface area contributed by atoms with Gasteiger partial charge in [-0.2, -0.15) is 0 Å². The fourth-order valence-corrected chi connectivity index (χ4v) is 5.65. The van der Waals surface area contributed by atoms with E-state index in [-0.39, 0.29) is 23.7 Å². The summed E-state index contributed by atoms with van der Waals surface area (Å²) >= 11 is 1.41. The lowest BCUT2D eigenvalue weighted by atomic mass is 10.1. The van der Waals surface area contributed by atoms with E-state index in [0.717, 1.165) is 15.8 Å². The molecule has 1 N–H and O–H groups in total. The second-order valence-electron chi connectivity index (χ2n) is 9.09. The highest BCUT2D eigenvalue weighted by atomic mass is 32.1. The first-order chi connectivity index (χ1) is 19.3. The average molecular weight is 562 g/mol. The number of non-ortho nitro benzene ring substituents is 1. The van der Waals surface area contributed by atoms with Crippen molar-refractivity contribution >= 4 is 44.4 Å². The van der Waals surface area contributed by atoms with Gasteiger partial charge in [0.1, 0.15) is 16.9 Å². The Kier molecular flexibility index (Phi) is 6.34. The Balaban J connectivity index is 1.22. The van der Waals surface area contributed by atoms with E-state index in [4.69, 9.17) is 19.2 Å². The topological polar surface area (TPSA) is 139 Å². The molecule has 1 aliphatic heterocycles. The highest BCUT2D eigenvalue weighted by molar-refractivity contribution is 7.22. The van der Waals surface area contributed by atoms with Gasteiger partial charge in [-0.05, 0) is 36.8 Å². The fraction of sp³-hybridized carbons (Fsp3) is 0.185. The number of methoxy groups -OCH3 is 1. The summed E-state index contributed by atoms with van der Waals surface area (Å²) in [6.07, 6.45) is 0.616. The normalized spacial score (nSPS) is 14.1. The second kappa shape index (κ2) is 10.0. The summed E-state index contributed by atoms with van der Waals surface area (Å²) in [5.41, 5.74) is 4.14. The van der Waals surface area contributed by atoms with Crippen LogP contribution in [0, 0.1) is 22.9 Å². The molecule has 3 heterocycles. The standard InChI is InChI=1S/C27H20FN5O6S/c1-13-7-17(23-20(8-13)31-22(37-2)12-29-23)26-32-21-10-19(28)24-18(25(21)40-26)9-16(38-24)11-30-27(34)39-15-5-3-14(4-6-15)33(35)36/h3-8,10,12,16H,9,11H2,1-2H3,(H,30,34). The number of halogens is 1. The van der Waals surface area contributed by atoms with Crippen molar-refractivity contribution in [3.05, 3.63) is 75.7 Å². The SMILES string of the molecule is COc1cnc2c(-c3nc4cc(F)c5c(c4s3)CC(CNC(=O)Oc3ccc([N+](=O)[O-])cc3)O5)cc(C)cc2n1. The van der Waals surface area contributed by atoms with Crippen molar-refractivity contribution in [2.75, 3.05) is 13.7 Å². The van der Waals surface area contributed by atoms with Crippen LogP contribution in [0.25, 0.3) is 31.8 Å². The molecule has 0 spiro atoms. The van der Waals surface area contributed by atoms with Gasteiger partial charge in [0.2, 0.25) is 5.88 Å². The Morgan fingerprint density at radius 1 is 1.23 bits per heavy atom. The number of hydrogen-bond donors (Lipinski definition) is 1. The number of thiazole rings is 1. The molecule has 2 aromatic heterocycles. The summed E-state index contributed by atoms with van der Waals surface area (Å²) in [6, 6.07) is 10.4. The van der Waals surface area contributed by atoms with Crippen LogP contribution in [0.4, 0.5) is 14.9 Å². The molecule has 40 heavy (non-hydrogen) atoms. The minimum Gasteiger partial charge on any atom is -0.485 e. The molecule has 0 radical (unpaired) electrons.